The minimum atomic E-state index is -0.308. The van der Waals surface area contributed by atoms with Crippen molar-refractivity contribution in [3.8, 4) is 0 Å². The number of aromatic nitrogens is 1. The molecule has 0 aliphatic rings. The van der Waals surface area contributed by atoms with Crippen molar-refractivity contribution in [3.05, 3.63) is 16.6 Å². The number of amides is 1. The summed E-state index contributed by atoms with van der Waals surface area (Å²) in [4.78, 5) is 16.2. The van der Waals surface area contributed by atoms with Gasteiger partial charge in [-0.1, -0.05) is 26.7 Å². The van der Waals surface area contributed by atoms with E-state index in [1.54, 1.807) is 17.5 Å². The summed E-state index contributed by atoms with van der Waals surface area (Å²) >= 11 is 1.60. The van der Waals surface area contributed by atoms with Crippen molar-refractivity contribution in [2.75, 3.05) is 0 Å². The van der Waals surface area contributed by atoms with Crippen molar-refractivity contribution < 1.29 is 4.79 Å². The fourth-order valence-electron chi connectivity index (χ4n) is 1.69. The van der Waals surface area contributed by atoms with E-state index in [1.165, 1.54) is 0 Å². The van der Waals surface area contributed by atoms with Crippen LogP contribution in [0.15, 0.2) is 11.6 Å². The van der Waals surface area contributed by atoms with E-state index in [0.717, 1.165) is 30.7 Å². The van der Waals surface area contributed by atoms with E-state index in [0.29, 0.717) is 6.42 Å². The molecule has 4 heteroatoms. The SMILES string of the molecule is CCCCCC(=O)N[C@@](C)(CC)c1nccs1. The molecule has 0 aliphatic carbocycles. The predicted molar refractivity (Wildman–Crippen MR) is 72.0 cm³/mol. The maximum absolute atomic E-state index is 11.9. The fourth-order valence-corrected chi connectivity index (χ4v) is 2.52. The molecule has 1 rings (SSSR count). The van der Waals surface area contributed by atoms with E-state index >= 15 is 0 Å². The van der Waals surface area contributed by atoms with Crippen molar-refractivity contribution in [2.24, 2.45) is 0 Å². The van der Waals surface area contributed by atoms with Crippen molar-refractivity contribution in [1.82, 2.24) is 10.3 Å². The van der Waals surface area contributed by atoms with Crippen LogP contribution < -0.4 is 5.32 Å². The van der Waals surface area contributed by atoms with Gasteiger partial charge in [0, 0.05) is 18.0 Å². The molecule has 0 spiro atoms. The van der Waals surface area contributed by atoms with Crippen LogP contribution in [0.1, 0.15) is 57.9 Å². The molecule has 1 amide bonds. The lowest BCUT2D eigenvalue weighted by molar-refractivity contribution is -0.123. The second kappa shape index (κ2) is 6.74. The number of carbonyl (C=O) groups excluding carboxylic acids is 1. The number of unbranched alkanes of at least 4 members (excludes halogenated alkanes) is 2. The Morgan fingerprint density at radius 2 is 2.24 bits per heavy atom. The number of nitrogens with one attached hydrogen (secondary N) is 1. The Kier molecular flexibility index (Phi) is 5.62. The van der Waals surface area contributed by atoms with E-state index < -0.39 is 0 Å². The van der Waals surface area contributed by atoms with Gasteiger partial charge in [0.1, 0.15) is 5.01 Å². The zero-order valence-electron chi connectivity index (χ0n) is 11.0. The number of thiazole rings is 1. The van der Waals surface area contributed by atoms with Crippen molar-refractivity contribution >= 4 is 17.2 Å². The van der Waals surface area contributed by atoms with Gasteiger partial charge in [-0.25, -0.2) is 4.98 Å². The van der Waals surface area contributed by atoms with Gasteiger partial charge in [-0.3, -0.25) is 4.79 Å². The zero-order valence-corrected chi connectivity index (χ0v) is 11.8. The minimum absolute atomic E-state index is 0.137. The summed E-state index contributed by atoms with van der Waals surface area (Å²) in [7, 11) is 0. The molecule has 0 bridgehead atoms. The van der Waals surface area contributed by atoms with Crippen LogP contribution in [0.25, 0.3) is 0 Å². The third-order valence-corrected chi connectivity index (χ3v) is 4.07. The molecule has 0 saturated heterocycles. The second-order valence-electron chi connectivity index (χ2n) is 4.53. The number of hydrogen-bond acceptors (Lipinski definition) is 3. The summed E-state index contributed by atoms with van der Waals surface area (Å²) in [5.74, 6) is 0.137. The highest BCUT2D eigenvalue weighted by Crippen LogP contribution is 2.26. The number of carbonyl (C=O) groups is 1. The van der Waals surface area contributed by atoms with Crippen LogP contribution in [0.3, 0.4) is 0 Å². The number of rotatable bonds is 7. The van der Waals surface area contributed by atoms with Gasteiger partial charge in [0.2, 0.25) is 5.91 Å². The van der Waals surface area contributed by atoms with Gasteiger partial charge in [0.05, 0.1) is 5.54 Å². The van der Waals surface area contributed by atoms with E-state index in [9.17, 15) is 4.79 Å². The summed E-state index contributed by atoms with van der Waals surface area (Å²) in [5, 5.41) is 6.05. The largest absolute Gasteiger partial charge is 0.344 e. The molecule has 0 aromatic carbocycles. The molecule has 0 radical (unpaired) electrons. The first-order chi connectivity index (χ1) is 8.12. The Morgan fingerprint density at radius 3 is 2.76 bits per heavy atom. The quantitative estimate of drug-likeness (QED) is 0.757. The molecule has 0 aliphatic heterocycles. The van der Waals surface area contributed by atoms with Gasteiger partial charge in [-0.05, 0) is 19.8 Å². The van der Waals surface area contributed by atoms with Gasteiger partial charge in [0.15, 0.2) is 0 Å². The third kappa shape index (κ3) is 4.11. The molecule has 17 heavy (non-hydrogen) atoms. The highest BCUT2D eigenvalue weighted by Gasteiger charge is 2.28. The maximum atomic E-state index is 11.9. The first-order valence-electron chi connectivity index (χ1n) is 6.33. The van der Waals surface area contributed by atoms with Crippen molar-refractivity contribution in [2.45, 2.75) is 58.4 Å². The molecule has 1 heterocycles. The van der Waals surface area contributed by atoms with E-state index in [-0.39, 0.29) is 11.4 Å². The minimum Gasteiger partial charge on any atom is -0.344 e. The van der Waals surface area contributed by atoms with Crippen LogP contribution in [0.4, 0.5) is 0 Å². The van der Waals surface area contributed by atoms with Crippen LogP contribution >= 0.6 is 11.3 Å². The standard InChI is InChI=1S/C13H22N2OS/c1-4-6-7-8-11(16)15-13(3,5-2)12-14-9-10-17-12/h9-10H,4-8H2,1-3H3,(H,15,16)/t13-/m0/s1. The molecule has 0 unspecified atom stereocenters. The summed E-state index contributed by atoms with van der Waals surface area (Å²) in [6, 6.07) is 0. The highest BCUT2D eigenvalue weighted by atomic mass is 32.1. The summed E-state index contributed by atoms with van der Waals surface area (Å²) in [6.45, 7) is 6.26. The normalized spacial score (nSPS) is 14.3. The Balaban J connectivity index is 2.54. The topological polar surface area (TPSA) is 42.0 Å². The van der Waals surface area contributed by atoms with Gasteiger partial charge in [-0.2, -0.15) is 0 Å². The van der Waals surface area contributed by atoms with Gasteiger partial charge in [0.25, 0.3) is 0 Å². The van der Waals surface area contributed by atoms with Gasteiger partial charge in [-0.15, -0.1) is 11.3 Å². The Labute approximate surface area is 108 Å². The monoisotopic (exact) mass is 254 g/mol. The third-order valence-electron chi connectivity index (χ3n) is 3.03. The highest BCUT2D eigenvalue weighted by molar-refractivity contribution is 7.09. The lowest BCUT2D eigenvalue weighted by Gasteiger charge is -2.27. The average molecular weight is 254 g/mol. The lowest BCUT2D eigenvalue weighted by atomic mass is 9.99. The predicted octanol–water partition coefficient (Wildman–Crippen LogP) is 3.46. The summed E-state index contributed by atoms with van der Waals surface area (Å²) in [5.41, 5.74) is -0.308. The van der Waals surface area contributed by atoms with Gasteiger partial charge >= 0.3 is 0 Å². The van der Waals surface area contributed by atoms with Crippen LogP contribution in [-0.4, -0.2) is 10.9 Å². The van der Waals surface area contributed by atoms with Gasteiger partial charge < -0.3 is 5.32 Å². The Morgan fingerprint density at radius 1 is 1.47 bits per heavy atom. The van der Waals surface area contributed by atoms with Crippen LogP contribution in [-0.2, 0) is 10.3 Å². The van der Waals surface area contributed by atoms with E-state index in [1.807, 2.05) is 12.3 Å². The molecule has 1 atom stereocenters. The maximum Gasteiger partial charge on any atom is 0.220 e. The average Bonchev–Trinajstić information content (AvgIpc) is 2.83. The van der Waals surface area contributed by atoms with E-state index in [4.69, 9.17) is 0 Å². The van der Waals surface area contributed by atoms with Crippen LogP contribution in [0, 0.1) is 0 Å². The smallest absolute Gasteiger partial charge is 0.220 e. The second-order valence-corrected chi connectivity index (χ2v) is 5.42. The van der Waals surface area contributed by atoms with Crippen molar-refractivity contribution in [3.63, 3.8) is 0 Å². The Bertz CT molecular complexity index is 337. The van der Waals surface area contributed by atoms with E-state index in [2.05, 4.69) is 24.1 Å². The molecular weight excluding hydrogens is 232 g/mol. The lowest BCUT2D eigenvalue weighted by Crippen LogP contribution is -2.42. The van der Waals surface area contributed by atoms with Crippen LogP contribution in [0.2, 0.25) is 0 Å². The molecule has 1 aromatic rings. The molecule has 1 N–H and O–H groups in total. The molecule has 1 aromatic heterocycles. The molecule has 0 saturated carbocycles. The molecule has 0 fully saturated rings. The first kappa shape index (κ1) is 14.2. The summed E-state index contributed by atoms with van der Waals surface area (Å²) < 4.78 is 0. The molecule has 3 nitrogen and oxygen atoms in total. The van der Waals surface area contributed by atoms with Crippen molar-refractivity contribution in [1.29, 1.82) is 0 Å². The van der Waals surface area contributed by atoms with Crippen LogP contribution in [0.5, 0.6) is 0 Å². The fraction of sp³-hybridized carbons (Fsp3) is 0.692. The zero-order chi connectivity index (χ0) is 12.7. The summed E-state index contributed by atoms with van der Waals surface area (Å²) in [6.07, 6.45) is 6.50. The Hall–Kier alpha value is -0.900. The molecule has 96 valence electrons. The first-order valence-corrected chi connectivity index (χ1v) is 7.21. The number of nitrogens with zero attached hydrogens (tertiary/aromatic N) is 1. The number of hydrogen-bond donors (Lipinski definition) is 1. The molecular formula is C13H22N2OS.